The predicted octanol–water partition coefficient (Wildman–Crippen LogP) is 3.58. The maximum Gasteiger partial charge on any atom is 0.137 e. The van der Waals surface area contributed by atoms with Gasteiger partial charge in [0.15, 0.2) is 0 Å². The molecule has 0 atom stereocenters. The van der Waals surface area contributed by atoms with Crippen LogP contribution in [-0.2, 0) is 16.8 Å². The van der Waals surface area contributed by atoms with Gasteiger partial charge in [0.1, 0.15) is 11.5 Å². The number of hydrogen-bond acceptors (Lipinski definition) is 3. The Morgan fingerprint density at radius 1 is 1.16 bits per heavy atom. The second-order valence-electron chi connectivity index (χ2n) is 6.63. The molecule has 130 valence electrons. The molecule has 1 aliphatic rings. The fourth-order valence-electron chi connectivity index (χ4n) is 3.69. The lowest BCUT2D eigenvalue weighted by atomic mass is 9.82. The van der Waals surface area contributed by atoms with Gasteiger partial charge in [0.05, 0.1) is 11.4 Å². The number of halogens is 1. The second kappa shape index (κ2) is 6.58. The van der Waals surface area contributed by atoms with Gasteiger partial charge in [-0.1, -0.05) is 18.2 Å². The molecule has 0 unspecified atom stereocenters. The minimum absolute atomic E-state index is 0.197. The zero-order valence-electron chi connectivity index (χ0n) is 14.3. The Balaban J connectivity index is 1.65. The van der Waals surface area contributed by atoms with E-state index in [0.717, 1.165) is 35.4 Å². The quantitative estimate of drug-likeness (QED) is 0.790. The van der Waals surface area contributed by atoms with Crippen molar-refractivity contribution < 1.29 is 9.13 Å². The molecule has 0 radical (unpaired) electrons. The molecule has 0 amide bonds. The van der Waals surface area contributed by atoms with Gasteiger partial charge in [-0.3, -0.25) is 0 Å². The zero-order valence-corrected chi connectivity index (χ0v) is 14.3. The molecule has 1 N–H and O–H groups in total. The summed E-state index contributed by atoms with van der Waals surface area (Å²) in [5.41, 5.74) is 4.06. The Labute approximate surface area is 146 Å². The molecule has 4 nitrogen and oxygen atoms in total. The highest BCUT2D eigenvalue weighted by Crippen LogP contribution is 2.33. The van der Waals surface area contributed by atoms with Gasteiger partial charge in [0.2, 0.25) is 0 Å². The highest BCUT2D eigenvalue weighted by molar-refractivity contribution is 5.42. The number of ether oxygens (including phenoxy) is 1. The number of nitrogens with one attached hydrogen (secondary N) is 1. The van der Waals surface area contributed by atoms with Crippen molar-refractivity contribution in [1.82, 2.24) is 14.7 Å². The summed E-state index contributed by atoms with van der Waals surface area (Å²) in [4.78, 5) is 4.63. The average Bonchev–Trinajstić information content (AvgIpc) is 2.96. The van der Waals surface area contributed by atoms with E-state index < -0.39 is 0 Å². The molecular weight excluding hydrogens is 317 g/mol. The van der Waals surface area contributed by atoms with Gasteiger partial charge in [-0.15, -0.1) is 0 Å². The van der Waals surface area contributed by atoms with Gasteiger partial charge in [-0.2, -0.15) is 0 Å². The highest BCUT2D eigenvalue weighted by Gasteiger charge is 2.34. The molecule has 1 fully saturated rings. The van der Waals surface area contributed by atoms with Gasteiger partial charge in [-0.05, 0) is 49.6 Å². The summed E-state index contributed by atoms with van der Waals surface area (Å²) in [6.07, 6.45) is 3.78. The number of pyridine rings is 1. The van der Waals surface area contributed by atoms with Crippen LogP contribution in [0.25, 0.3) is 5.65 Å². The second-order valence-corrected chi connectivity index (χ2v) is 6.63. The largest absolute Gasteiger partial charge is 0.381 e. The molecule has 0 saturated carbocycles. The molecule has 1 aromatic carbocycles. The molecule has 0 spiro atoms. The van der Waals surface area contributed by atoms with E-state index in [1.54, 1.807) is 0 Å². The van der Waals surface area contributed by atoms with Gasteiger partial charge in [0, 0.05) is 31.5 Å². The Bertz CT molecular complexity index is 866. The number of benzene rings is 1. The van der Waals surface area contributed by atoms with Crippen LogP contribution < -0.4 is 5.32 Å². The van der Waals surface area contributed by atoms with Gasteiger partial charge >= 0.3 is 0 Å². The summed E-state index contributed by atoms with van der Waals surface area (Å²) in [5.74, 6) is -0.205. The minimum atomic E-state index is -0.205. The number of imidazole rings is 1. The summed E-state index contributed by atoms with van der Waals surface area (Å²) in [7, 11) is 0. The van der Waals surface area contributed by atoms with Crippen LogP contribution in [0, 0.1) is 12.7 Å². The maximum absolute atomic E-state index is 13.4. The van der Waals surface area contributed by atoms with Crippen LogP contribution in [0.3, 0.4) is 0 Å². The van der Waals surface area contributed by atoms with Crippen LogP contribution in [0.4, 0.5) is 4.39 Å². The molecule has 4 rings (SSSR count). The fourth-order valence-corrected chi connectivity index (χ4v) is 3.69. The van der Waals surface area contributed by atoms with E-state index in [1.807, 2.05) is 43.5 Å². The Morgan fingerprint density at radius 3 is 2.68 bits per heavy atom. The van der Waals surface area contributed by atoms with Crippen molar-refractivity contribution >= 4 is 5.65 Å². The molecule has 25 heavy (non-hydrogen) atoms. The van der Waals surface area contributed by atoms with E-state index >= 15 is 0 Å². The van der Waals surface area contributed by atoms with Crippen LogP contribution >= 0.6 is 0 Å². The predicted molar refractivity (Wildman–Crippen MR) is 94.9 cm³/mol. The summed E-state index contributed by atoms with van der Waals surface area (Å²) in [6.45, 7) is 4.15. The van der Waals surface area contributed by atoms with Crippen molar-refractivity contribution in [3.8, 4) is 0 Å². The standard InChI is InChI=1S/C20H22FN3O/c1-15-18(24-11-3-2-4-19(24)23-15)14-22-20(9-12-25-13-10-20)16-5-7-17(21)8-6-16/h2-8,11,22H,9-10,12-14H2,1H3. The first-order valence-corrected chi connectivity index (χ1v) is 8.69. The number of hydrogen-bond donors (Lipinski definition) is 1. The Morgan fingerprint density at radius 2 is 1.92 bits per heavy atom. The fraction of sp³-hybridized carbons (Fsp3) is 0.350. The number of aromatic nitrogens is 2. The SMILES string of the molecule is Cc1nc2ccccn2c1CNC1(c2ccc(F)cc2)CCOCC1. The molecule has 0 bridgehead atoms. The number of nitrogens with zero attached hydrogens (tertiary/aromatic N) is 2. The third-order valence-corrected chi connectivity index (χ3v) is 5.17. The Hall–Kier alpha value is -2.24. The highest BCUT2D eigenvalue weighted by atomic mass is 19.1. The van der Waals surface area contributed by atoms with Crippen LogP contribution in [0.5, 0.6) is 0 Å². The molecule has 1 saturated heterocycles. The molecular formula is C20H22FN3O. The normalized spacial score (nSPS) is 17.0. The summed E-state index contributed by atoms with van der Waals surface area (Å²) in [6, 6.07) is 12.9. The molecule has 0 aliphatic carbocycles. The first kappa shape index (κ1) is 16.2. The van der Waals surface area contributed by atoms with Gasteiger partial charge in [0.25, 0.3) is 0 Å². The smallest absolute Gasteiger partial charge is 0.137 e. The number of rotatable bonds is 4. The minimum Gasteiger partial charge on any atom is -0.381 e. The summed E-state index contributed by atoms with van der Waals surface area (Å²) in [5, 5.41) is 3.74. The van der Waals surface area contributed by atoms with Crippen LogP contribution in [0.2, 0.25) is 0 Å². The van der Waals surface area contributed by atoms with Gasteiger partial charge in [-0.25, -0.2) is 9.37 Å². The van der Waals surface area contributed by atoms with E-state index in [-0.39, 0.29) is 11.4 Å². The van der Waals surface area contributed by atoms with Crippen LogP contribution in [-0.4, -0.2) is 22.6 Å². The number of aryl methyl sites for hydroxylation is 1. The third kappa shape index (κ3) is 3.05. The summed E-state index contributed by atoms with van der Waals surface area (Å²) < 4.78 is 21.1. The zero-order chi connectivity index (χ0) is 17.3. The first-order chi connectivity index (χ1) is 12.2. The van der Waals surface area contributed by atoms with E-state index in [9.17, 15) is 4.39 Å². The maximum atomic E-state index is 13.4. The lowest BCUT2D eigenvalue weighted by Crippen LogP contribution is -2.46. The lowest BCUT2D eigenvalue weighted by Gasteiger charge is -2.39. The molecule has 2 aromatic heterocycles. The topological polar surface area (TPSA) is 38.6 Å². The molecule has 3 aromatic rings. The van der Waals surface area contributed by atoms with Crippen molar-refractivity contribution in [3.05, 3.63) is 71.4 Å². The third-order valence-electron chi connectivity index (χ3n) is 5.17. The van der Waals surface area contributed by atoms with E-state index in [0.29, 0.717) is 19.8 Å². The summed E-state index contributed by atoms with van der Waals surface area (Å²) >= 11 is 0. The van der Waals surface area contributed by atoms with Crippen LogP contribution in [0.15, 0.2) is 48.7 Å². The molecule has 1 aliphatic heterocycles. The van der Waals surface area contributed by atoms with Crippen LogP contribution in [0.1, 0.15) is 29.8 Å². The van der Waals surface area contributed by atoms with Crippen molar-refractivity contribution in [1.29, 1.82) is 0 Å². The van der Waals surface area contributed by atoms with Crippen molar-refractivity contribution in [3.63, 3.8) is 0 Å². The molecule has 3 heterocycles. The average molecular weight is 339 g/mol. The van der Waals surface area contributed by atoms with E-state index in [1.165, 1.54) is 12.1 Å². The van der Waals surface area contributed by atoms with Gasteiger partial charge < -0.3 is 14.5 Å². The Kier molecular flexibility index (Phi) is 4.27. The van der Waals surface area contributed by atoms with E-state index in [2.05, 4.69) is 14.7 Å². The first-order valence-electron chi connectivity index (χ1n) is 8.69. The van der Waals surface area contributed by atoms with Crippen molar-refractivity contribution in [2.75, 3.05) is 13.2 Å². The lowest BCUT2D eigenvalue weighted by molar-refractivity contribution is 0.0356. The number of fused-ring (bicyclic) bond motifs is 1. The van der Waals surface area contributed by atoms with E-state index in [4.69, 9.17) is 4.74 Å². The van der Waals surface area contributed by atoms with Crippen molar-refractivity contribution in [2.24, 2.45) is 0 Å². The molecule has 5 heteroatoms. The monoisotopic (exact) mass is 339 g/mol. The van der Waals surface area contributed by atoms with Crippen molar-refractivity contribution in [2.45, 2.75) is 31.8 Å².